The van der Waals surface area contributed by atoms with Gasteiger partial charge in [-0.05, 0) is 36.6 Å². The number of hydrogen-bond donors (Lipinski definition) is 2. The number of hydrazine groups is 1. The number of rotatable bonds is 9. The van der Waals surface area contributed by atoms with Crippen molar-refractivity contribution < 1.29 is 27.9 Å². The zero-order valence-corrected chi connectivity index (χ0v) is 23.3. The number of alkyl halides is 3. The lowest BCUT2D eigenvalue weighted by Crippen LogP contribution is -2.46. The lowest BCUT2D eigenvalue weighted by molar-refractivity contribution is -0.192. The average molecular weight is 584 g/mol. The Kier molecular flexibility index (Phi) is 12.6. The van der Waals surface area contributed by atoms with E-state index in [0.29, 0.717) is 17.9 Å². The summed E-state index contributed by atoms with van der Waals surface area (Å²) in [5.41, 5.74) is 4.62. The first-order valence-electron chi connectivity index (χ1n) is 12.7. The number of carbonyl (C=O) groups excluding carboxylic acids is 1. The summed E-state index contributed by atoms with van der Waals surface area (Å²) in [5.74, 6) is -2.49. The van der Waals surface area contributed by atoms with E-state index >= 15 is 0 Å². The average Bonchev–Trinajstić information content (AvgIpc) is 2.90. The number of nitriles is 1. The number of aromatic nitrogens is 2. The van der Waals surface area contributed by atoms with E-state index in [1.807, 2.05) is 44.2 Å². The minimum absolute atomic E-state index is 0.00251. The fourth-order valence-electron chi connectivity index (χ4n) is 3.85. The van der Waals surface area contributed by atoms with Crippen LogP contribution in [0.5, 0.6) is 0 Å². The van der Waals surface area contributed by atoms with Crippen molar-refractivity contribution in [3.8, 4) is 6.07 Å². The first-order chi connectivity index (χ1) is 18.8. The Labute approximate surface area is 236 Å². The summed E-state index contributed by atoms with van der Waals surface area (Å²) < 4.78 is 31.7. The molecule has 2 aromatic rings. The second-order valence-corrected chi connectivity index (χ2v) is 9.95. The van der Waals surface area contributed by atoms with E-state index in [4.69, 9.17) is 26.8 Å². The second-order valence-electron chi connectivity index (χ2n) is 9.54. The van der Waals surface area contributed by atoms with Crippen molar-refractivity contribution in [1.29, 1.82) is 5.26 Å². The maximum atomic E-state index is 13.0. The molecule has 1 aromatic heterocycles. The number of carboxylic acid groups (broad SMARTS) is 1. The number of aliphatic carboxylic acids is 1. The van der Waals surface area contributed by atoms with Crippen molar-refractivity contribution in [2.45, 2.75) is 39.9 Å². The molecule has 0 unspecified atom stereocenters. The molecule has 0 bridgehead atoms. The largest absolute Gasteiger partial charge is 0.490 e. The lowest BCUT2D eigenvalue weighted by atomic mass is 10.1. The highest BCUT2D eigenvalue weighted by Gasteiger charge is 2.38. The zero-order chi connectivity index (χ0) is 29.9. The summed E-state index contributed by atoms with van der Waals surface area (Å²) in [6, 6.07) is 9.60. The number of carboxylic acids is 1. The van der Waals surface area contributed by atoms with Crippen LogP contribution < -0.4 is 10.4 Å². The maximum absolute atomic E-state index is 13.0. The molecule has 1 saturated heterocycles. The Hall–Kier alpha value is -3.47. The van der Waals surface area contributed by atoms with Crippen LogP contribution >= 0.6 is 11.6 Å². The van der Waals surface area contributed by atoms with Gasteiger partial charge in [0.25, 0.3) is 5.91 Å². The zero-order valence-electron chi connectivity index (χ0n) is 22.6. The molecule has 40 heavy (non-hydrogen) atoms. The van der Waals surface area contributed by atoms with Gasteiger partial charge in [-0.25, -0.2) is 9.78 Å². The van der Waals surface area contributed by atoms with E-state index in [-0.39, 0.29) is 22.7 Å². The molecule has 1 aromatic carbocycles. The van der Waals surface area contributed by atoms with Gasteiger partial charge in [0.1, 0.15) is 11.1 Å². The molecule has 1 aliphatic rings. The van der Waals surface area contributed by atoms with Gasteiger partial charge in [-0.2, -0.15) is 23.4 Å². The van der Waals surface area contributed by atoms with Crippen molar-refractivity contribution >= 4 is 29.3 Å². The molecule has 0 spiro atoms. The third kappa shape index (κ3) is 10.6. The van der Waals surface area contributed by atoms with Crippen molar-refractivity contribution in [2.24, 2.45) is 5.92 Å². The highest BCUT2D eigenvalue weighted by molar-refractivity contribution is 6.32. The highest BCUT2D eigenvalue weighted by atomic mass is 35.5. The first-order valence-corrected chi connectivity index (χ1v) is 13.1. The minimum Gasteiger partial charge on any atom is -0.475 e. The molecule has 2 heterocycles. The van der Waals surface area contributed by atoms with Crippen LogP contribution in [-0.4, -0.2) is 82.2 Å². The number of carbonyl (C=O) groups is 2. The van der Waals surface area contributed by atoms with E-state index in [2.05, 4.69) is 32.1 Å². The molecule has 2 N–H and O–H groups in total. The quantitative estimate of drug-likeness (QED) is 0.422. The molecular weight excluding hydrogens is 551 g/mol. The van der Waals surface area contributed by atoms with E-state index in [1.165, 1.54) is 24.7 Å². The van der Waals surface area contributed by atoms with Gasteiger partial charge >= 0.3 is 12.1 Å². The van der Waals surface area contributed by atoms with Crippen LogP contribution in [0, 0.1) is 17.2 Å². The number of benzene rings is 1. The fourth-order valence-corrected chi connectivity index (χ4v) is 4.04. The minimum atomic E-state index is -5.08. The topological polar surface area (TPSA) is 126 Å². The number of hydrogen-bond acceptors (Lipinski definition) is 8. The van der Waals surface area contributed by atoms with Gasteiger partial charge < -0.3 is 10.0 Å². The fraction of sp³-hybridized carbons (Fsp3) is 0.500. The van der Waals surface area contributed by atoms with Gasteiger partial charge in [-0.15, -0.1) is 0 Å². The summed E-state index contributed by atoms with van der Waals surface area (Å²) in [6.07, 6.45) is -2.51. The third-order valence-electron chi connectivity index (χ3n) is 5.74. The molecule has 1 aliphatic heterocycles. The van der Waals surface area contributed by atoms with Crippen LogP contribution in [0.25, 0.3) is 0 Å². The second kappa shape index (κ2) is 15.4. The number of piperazine rings is 1. The van der Waals surface area contributed by atoms with E-state index in [0.717, 1.165) is 32.7 Å². The molecule has 14 heteroatoms. The number of nitrogens with zero attached hydrogens (tertiary/aromatic N) is 6. The van der Waals surface area contributed by atoms with Crippen LogP contribution in [0.1, 0.15) is 48.9 Å². The van der Waals surface area contributed by atoms with Crippen molar-refractivity contribution in [3.63, 3.8) is 0 Å². The van der Waals surface area contributed by atoms with Crippen LogP contribution in [-0.2, 0) is 11.3 Å². The van der Waals surface area contributed by atoms with Crippen molar-refractivity contribution in [2.75, 3.05) is 44.3 Å². The first kappa shape index (κ1) is 32.7. The SMILES string of the molecule is CCCN1CCN(Cc2ccc(C(=O)NN(CC(C)C)c3nc(C#N)ncc3Cl)cc2)CC1.O=C(O)C(F)(F)F. The summed E-state index contributed by atoms with van der Waals surface area (Å²) >= 11 is 6.27. The maximum Gasteiger partial charge on any atom is 0.490 e. The predicted molar refractivity (Wildman–Crippen MR) is 144 cm³/mol. The Morgan fingerprint density at radius 1 is 1.18 bits per heavy atom. The third-order valence-corrected chi connectivity index (χ3v) is 6.00. The predicted octanol–water partition coefficient (Wildman–Crippen LogP) is 3.97. The molecule has 218 valence electrons. The lowest BCUT2D eigenvalue weighted by Gasteiger charge is -2.34. The molecule has 10 nitrogen and oxygen atoms in total. The summed E-state index contributed by atoms with van der Waals surface area (Å²) in [5, 5.41) is 18.1. The number of amides is 1. The highest BCUT2D eigenvalue weighted by Crippen LogP contribution is 2.22. The Morgan fingerprint density at radius 2 is 1.75 bits per heavy atom. The van der Waals surface area contributed by atoms with Gasteiger partial charge in [0, 0.05) is 44.8 Å². The number of anilines is 1. The van der Waals surface area contributed by atoms with Gasteiger partial charge in [0.2, 0.25) is 5.82 Å². The number of halogens is 4. The van der Waals surface area contributed by atoms with Crippen LogP contribution in [0.15, 0.2) is 30.5 Å². The van der Waals surface area contributed by atoms with E-state index in [9.17, 15) is 18.0 Å². The Morgan fingerprint density at radius 3 is 2.25 bits per heavy atom. The molecule has 0 radical (unpaired) electrons. The summed E-state index contributed by atoms with van der Waals surface area (Å²) in [7, 11) is 0. The van der Waals surface area contributed by atoms with Gasteiger partial charge in [0.05, 0.1) is 6.20 Å². The number of nitrogens with one attached hydrogen (secondary N) is 1. The molecule has 0 atom stereocenters. The van der Waals surface area contributed by atoms with Gasteiger partial charge in [-0.1, -0.05) is 44.5 Å². The molecular formula is C26H33ClF3N7O3. The van der Waals surface area contributed by atoms with Crippen molar-refractivity contribution in [1.82, 2.24) is 25.2 Å². The Balaban J connectivity index is 0.000000708. The molecule has 0 saturated carbocycles. The van der Waals surface area contributed by atoms with Crippen LogP contribution in [0.3, 0.4) is 0 Å². The molecule has 0 aliphatic carbocycles. The monoisotopic (exact) mass is 583 g/mol. The van der Waals surface area contributed by atoms with Crippen molar-refractivity contribution in [3.05, 3.63) is 52.4 Å². The standard InChI is InChI=1S/C24H32ClN7O.C2HF3O2/c1-4-9-30-10-12-31(13-11-30)17-19-5-7-20(8-6-19)24(33)29-32(16-18(2)3)23-21(25)15-27-22(14-26)28-23;3-2(4,5)1(6)7/h5-8,15,18H,4,9-13,16-17H2,1-3H3,(H,29,33);(H,6,7). The molecule has 1 amide bonds. The van der Waals surface area contributed by atoms with Crippen LogP contribution in [0.4, 0.5) is 19.0 Å². The van der Waals surface area contributed by atoms with Gasteiger partial charge in [0.15, 0.2) is 5.82 Å². The normalized spacial score (nSPS) is 14.2. The smallest absolute Gasteiger partial charge is 0.475 e. The summed E-state index contributed by atoms with van der Waals surface area (Å²) in [4.78, 5) is 34.9. The molecule has 3 rings (SSSR count). The van der Waals surface area contributed by atoms with E-state index < -0.39 is 12.1 Å². The Bertz CT molecular complexity index is 1170. The van der Waals surface area contributed by atoms with Gasteiger partial charge in [-0.3, -0.25) is 20.1 Å². The van der Waals surface area contributed by atoms with Crippen LogP contribution in [0.2, 0.25) is 5.02 Å². The van der Waals surface area contributed by atoms with E-state index in [1.54, 1.807) is 5.01 Å². The molecule has 1 fully saturated rings. The summed E-state index contributed by atoms with van der Waals surface area (Å²) in [6.45, 7) is 13.2.